The van der Waals surface area contributed by atoms with E-state index in [1.165, 1.54) is 0 Å². The third-order valence-electron chi connectivity index (χ3n) is 2.60. The van der Waals surface area contributed by atoms with Gasteiger partial charge in [-0.1, -0.05) is 11.6 Å². The Labute approximate surface area is 127 Å². The molecule has 0 radical (unpaired) electrons. The highest BCUT2D eigenvalue weighted by atomic mass is 79.9. The van der Waals surface area contributed by atoms with Crippen LogP contribution < -0.4 is 4.74 Å². The van der Waals surface area contributed by atoms with Crippen LogP contribution in [0.25, 0.3) is 23.1 Å². The van der Waals surface area contributed by atoms with E-state index in [-0.39, 0.29) is 5.89 Å². The van der Waals surface area contributed by atoms with Gasteiger partial charge in [0.2, 0.25) is 0 Å². The number of halogens is 2. The predicted molar refractivity (Wildman–Crippen MR) is 76.7 cm³/mol. The average Bonchev–Trinajstić information content (AvgIpc) is 3.07. The van der Waals surface area contributed by atoms with Gasteiger partial charge in [0.05, 0.1) is 12.7 Å². The van der Waals surface area contributed by atoms with Gasteiger partial charge in [-0.05, 0) is 46.3 Å². The van der Waals surface area contributed by atoms with Crippen LogP contribution in [0.15, 0.2) is 43.8 Å². The normalized spacial score (nSPS) is 10.8. The summed E-state index contributed by atoms with van der Waals surface area (Å²) in [5.74, 6) is 1.68. The van der Waals surface area contributed by atoms with Gasteiger partial charge >= 0.3 is 0 Å². The fourth-order valence-electron chi connectivity index (χ4n) is 1.71. The van der Waals surface area contributed by atoms with Crippen molar-refractivity contribution in [2.75, 3.05) is 7.11 Å². The molecule has 0 fully saturated rings. The maximum absolute atomic E-state index is 5.98. The number of ether oxygens (including phenoxy) is 1. The van der Waals surface area contributed by atoms with Crippen LogP contribution in [-0.2, 0) is 0 Å². The van der Waals surface area contributed by atoms with E-state index < -0.39 is 0 Å². The van der Waals surface area contributed by atoms with Crippen molar-refractivity contribution in [3.05, 3.63) is 40.0 Å². The highest BCUT2D eigenvalue weighted by molar-refractivity contribution is 9.10. The van der Waals surface area contributed by atoms with Crippen LogP contribution >= 0.6 is 27.5 Å². The number of benzene rings is 1. The van der Waals surface area contributed by atoms with Crippen molar-refractivity contribution in [1.82, 2.24) is 10.2 Å². The lowest BCUT2D eigenvalue weighted by atomic mass is 10.2. The van der Waals surface area contributed by atoms with Crippen LogP contribution in [0.5, 0.6) is 5.75 Å². The minimum absolute atomic E-state index is 0.285. The molecule has 0 N–H and O–H groups in total. The van der Waals surface area contributed by atoms with E-state index in [1.54, 1.807) is 37.4 Å². The van der Waals surface area contributed by atoms with Gasteiger partial charge < -0.3 is 13.6 Å². The molecule has 1 aromatic carbocycles. The molecule has 0 atom stereocenters. The third-order valence-corrected chi connectivity index (χ3v) is 3.26. The average molecular weight is 356 g/mol. The molecule has 0 saturated heterocycles. The second kappa shape index (κ2) is 5.30. The summed E-state index contributed by atoms with van der Waals surface area (Å²) in [5.41, 5.74) is 0.629. The van der Waals surface area contributed by atoms with Crippen LogP contribution in [0, 0.1) is 0 Å². The molecular formula is C13H8BrClN2O3. The summed E-state index contributed by atoms with van der Waals surface area (Å²) in [6, 6.07) is 8.65. The second-order valence-electron chi connectivity index (χ2n) is 3.86. The molecule has 0 aliphatic heterocycles. The van der Waals surface area contributed by atoms with Gasteiger partial charge in [-0.15, -0.1) is 10.2 Å². The van der Waals surface area contributed by atoms with Gasteiger partial charge in [0.15, 0.2) is 10.4 Å². The number of furan rings is 1. The van der Waals surface area contributed by atoms with Gasteiger partial charge in [0.1, 0.15) is 5.75 Å². The van der Waals surface area contributed by atoms with Crippen LogP contribution in [0.3, 0.4) is 0 Å². The summed E-state index contributed by atoms with van der Waals surface area (Å²) >= 11 is 9.20. The molecule has 102 valence electrons. The fourth-order valence-corrected chi connectivity index (χ4v) is 2.19. The first-order chi connectivity index (χ1) is 9.67. The van der Waals surface area contributed by atoms with Gasteiger partial charge in [-0.2, -0.15) is 0 Å². The molecule has 0 bridgehead atoms. The quantitative estimate of drug-likeness (QED) is 0.696. The van der Waals surface area contributed by atoms with Gasteiger partial charge in [0.25, 0.3) is 11.8 Å². The van der Waals surface area contributed by atoms with Crippen molar-refractivity contribution in [1.29, 1.82) is 0 Å². The monoisotopic (exact) mass is 354 g/mol. The molecule has 0 aliphatic carbocycles. The molecule has 2 heterocycles. The van der Waals surface area contributed by atoms with E-state index in [0.29, 0.717) is 32.7 Å². The van der Waals surface area contributed by atoms with E-state index in [9.17, 15) is 0 Å². The lowest BCUT2D eigenvalue weighted by Crippen LogP contribution is -1.87. The Bertz CT molecular complexity index is 754. The van der Waals surface area contributed by atoms with Crippen molar-refractivity contribution in [3.8, 4) is 28.9 Å². The topological polar surface area (TPSA) is 61.3 Å². The Morgan fingerprint density at radius 2 is 1.90 bits per heavy atom. The summed E-state index contributed by atoms with van der Waals surface area (Å²) in [4.78, 5) is 0. The lowest BCUT2D eigenvalue weighted by molar-refractivity contribution is 0.414. The zero-order chi connectivity index (χ0) is 14.1. The number of aromatic nitrogens is 2. The Morgan fingerprint density at radius 3 is 2.60 bits per heavy atom. The van der Waals surface area contributed by atoms with Crippen LogP contribution in [0.1, 0.15) is 0 Å². The minimum atomic E-state index is 0.285. The predicted octanol–water partition coefficient (Wildman–Crippen LogP) is 4.42. The molecule has 3 rings (SSSR count). The van der Waals surface area contributed by atoms with E-state index in [0.717, 1.165) is 0 Å². The van der Waals surface area contributed by atoms with Gasteiger partial charge in [-0.25, -0.2) is 0 Å². The summed E-state index contributed by atoms with van der Waals surface area (Å²) in [6.07, 6.45) is 0. The maximum Gasteiger partial charge on any atom is 0.283 e. The van der Waals surface area contributed by atoms with E-state index in [1.807, 2.05) is 0 Å². The molecule has 0 aliphatic rings. The molecule has 5 nitrogen and oxygen atoms in total. The van der Waals surface area contributed by atoms with Gasteiger partial charge in [0, 0.05) is 5.02 Å². The molecule has 20 heavy (non-hydrogen) atoms. The van der Waals surface area contributed by atoms with E-state index in [4.69, 9.17) is 25.2 Å². The first-order valence-electron chi connectivity index (χ1n) is 5.60. The smallest absolute Gasteiger partial charge is 0.283 e. The maximum atomic E-state index is 5.98. The minimum Gasteiger partial charge on any atom is -0.496 e. The fraction of sp³-hybridized carbons (Fsp3) is 0.0769. The summed E-state index contributed by atoms with van der Waals surface area (Å²) in [7, 11) is 1.56. The largest absolute Gasteiger partial charge is 0.496 e. The van der Waals surface area contributed by atoms with Gasteiger partial charge in [-0.3, -0.25) is 0 Å². The highest BCUT2D eigenvalue weighted by Crippen LogP contribution is 2.33. The van der Waals surface area contributed by atoms with Crippen molar-refractivity contribution in [2.24, 2.45) is 0 Å². The van der Waals surface area contributed by atoms with Crippen molar-refractivity contribution >= 4 is 27.5 Å². The lowest BCUT2D eigenvalue weighted by Gasteiger charge is -2.04. The van der Waals surface area contributed by atoms with Crippen molar-refractivity contribution in [3.63, 3.8) is 0 Å². The number of hydrogen-bond donors (Lipinski definition) is 0. The van der Waals surface area contributed by atoms with Crippen LogP contribution in [0.2, 0.25) is 5.02 Å². The summed E-state index contributed by atoms with van der Waals surface area (Å²) in [6.45, 7) is 0. The molecule has 2 aromatic heterocycles. The second-order valence-corrected chi connectivity index (χ2v) is 5.08. The zero-order valence-electron chi connectivity index (χ0n) is 10.3. The molecular weight excluding hydrogens is 348 g/mol. The molecule has 0 saturated carbocycles. The molecule has 7 heteroatoms. The zero-order valence-corrected chi connectivity index (χ0v) is 12.6. The SMILES string of the molecule is COc1ccc(Cl)cc1-c1nnc(-c2ccc(Br)o2)o1. The van der Waals surface area contributed by atoms with Crippen LogP contribution in [0.4, 0.5) is 0 Å². The molecule has 0 amide bonds. The highest BCUT2D eigenvalue weighted by Gasteiger charge is 2.16. The Kier molecular flexibility index (Phi) is 3.50. The molecule has 0 spiro atoms. The number of rotatable bonds is 3. The molecule has 0 unspecified atom stereocenters. The molecule has 3 aromatic rings. The first-order valence-corrected chi connectivity index (χ1v) is 6.77. The number of hydrogen-bond acceptors (Lipinski definition) is 5. The Hall–Kier alpha value is -1.79. The first kappa shape index (κ1) is 13.2. The summed E-state index contributed by atoms with van der Waals surface area (Å²) < 4.78 is 16.8. The Morgan fingerprint density at radius 1 is 1.10 bits per heavy atom. The number of methoxy groups -OCH3 is 1. The van der Waals surface area contributed by atoms with Crippen LogP contribution in [-0.4, -0.2) is 17.3 Å². The van der Waals surface area contributed by atoms with Crippen molar-refractivity contribution < 1.29 is 13.6 Å². The third kappa shape index (κ3) is 2.44. The van der Waals surface area contributed by atoms with E-state index >= 15 is 0 Å². The Balaban J connectivity index is 2.04. The van der Waals surface area contributed by atoms with E-state index in [2.05, 4.69) is 26.1 Å². The number of nitrogens with zero attached hydrogens (tertiary/aromatic N) is 2. The summed E-state index contributed by atoms with van der Waals surface area (Å²) in [5, 5.41) is 8.50. The standard InChI is InChI=1S/C13H8BrClN2O3/c1-18-9-3-2-7(15)6-8(9)12-16-17-13(20-12)10-4-5-11(14)19-10/h2-6H,1H3. The van der Waals surface area contributed by atoms with Crippen molar-refractivity contribution in [2.45, 2.75) is 0 Å².